The second kappa shape index (κ2) is 5.36. The smallest absolute Gasteiger partial charge is 0.379 e. The van der Waals surface area contributed by atoms with Gasteiger partial charge in [0, 0.05) is 17.1 Å². The van der Waals surface area contributed by atoms with Crippen LogP contribution in [0.25, 0.3) is 10.9 Å². The number of esters is 1. The fourth-order valence-electron chi connectivity index (χ4n) is 1.75. The predicted molar refractivity (Wildman–Crippen MR) is 68.6 cm³/mol. The van der Waals surface area contributed by atoms with Crippen molar-refractivity contribution in [3.63, 3.8) is 0 Å². The van der Waals surface area contributed by atoms with E-state index < -0.39 is 11.8 Å². The molecule has 0 bridgehead atoms. The van der Waals surface area contributed by atoms with Gasteiger partial charge in [-0.2, -0.15) is 5.26 Å². The molecule has 19 heavy (non-hydrogen) atoms. The summed E-state index contributed by atoms with van der Waals surface area (Å²) in [6.45, 7) is 2.07. The number of fused-ring (bicyclic) bond motifs is 1. The van der Waals surface area contributed by atoms with Crippen LogP contribution in [0.2, 0.25) is 0 Å². The SMILES string of the molecule is CCCOC(=O)C(=O)c1c[nH]c2ccc(C#N)cc12. The number of Topliss-reactive ketones (excluding diaryl/α,β-unsaturated/α-hetero) is 1. The first-order valence-electron chi connectivity index (χ1n) is 5.90. The number of ether oxygens (including phenoxy) is 1. The van der Waals surface area contributed by atoms with E-state index in [2.05, 4.69) is 4.98 Å². The summed E-state index contributed by atoms with van der Waals surface area (Å²) in [6.07, 6.45) is 2.12. The zero-order chi connectivity index (χ0) is 13.8. The van der Waals surface area contributed by atoms with Gasteiger partial charge in [-0.25, -0.2) is 4.79 Å². The van der Waals surface area contributed by atoms with Gasteiger partial charge in [0.1, 0.15) is 0 Å². The number of hydrogen-bond donors (Lipinski definition) is 1. The van der Waals surface area contributed by atoms with Gasteiger partial charge in [-0.15, -0.1) is 0 Å². The normalized spacial score (nSPS) is 10.1. The topological polar surface area (TPSA) is 83.0 Å². The largest absolute Gasteiger partial charge is 0.460 e. The average molecular weight is 256 g/mol. The maximum absolute atomic E-state index is 11.9. The van der Waals surface area contributed by atoms with E-state index in [0.29, 0.717) is 22.9 Å². The van der Waals surface area contributed by atoms with Gasteiger partial charge >= 0.3 is 5.97 Å². The molecular formula is C14H12N2O3. The van der Waals surface area contributed by atoms with Crippen LogP contribution in [0.1, 0.15) is 29.3 Å². The Morgan fingerprint density at radius 2 is 2.21 bits per heavy atom. The Hall–Kier alpha value is -2.61. The zero-order valence-electron chi connectivity index (χ0n) is 10.4. The van der Waals surface area contributed by atoms with E-state index in [9.17, 15) is 9.59 Å². The van der Waals surface area contributed by atoms with Crippen LogP contribution >= 0.6 is 0 Å². The summed E-state index contributed by atoms with van der Waals surface area (Å²) in [5.74, 6) is -1.57. The van der Waals surface area contributed by atoms with Gasteiger partial charge in [0.2, 0.25) is 0 Å². The number of aromatic amines is 1. The lowest BCUT2D eigenvalue weighted by Gasteiger charge is -2.01. The summed E-state index contributed by atoms with van der Waals surface area (Å²) in [7, 11) is 0. The first-order valence-corrected chi connectivity index (χ1v) is 5.90. The monoisotopic (exact) mass is 256 g/mol. The molecule has 2 rings (SSSR count). The van der Waals surface area contributed by atoms with Gasteiger partial charge in [0.15, 0.2) is 0 Å². The Kier molecular flexibility index (Phi) is 3.62. The Morgan fingerprint density at radius 3 is 2.89 bits per heavy atom. The summed E-state index contributed by atoms with van der Waals surface area (Å²) < 4.78 is 4.81. The maximum Gasteiger partial charge on any atom is 0.379 e. The van der Waals surface area contributed by atoms with Crippen molar-refractivity contribution in [2.75, 3.05) is 6.61 Å². The van der Waals surface area contributed by atoms with Crippen molar-refractivity contribution in [2.24, 2.45) is 0 Å². The number of rotatable bonds is 4. The number of H-pyrrole nitrogens is 1. The number of ketones is 1. The molecule has 0 aliphatic rings. The van der Waals surface area contributed by atoms with Crippen LogP contribution < -0.4 is 0 Å². The van der Waals surface area contributed by atoms with Gasteiger partial charge in [0.05, 0.1) is 23.8 Å². The van der Waals surface area contributed by atoms with Crippen molar-refractivity contribution < 1.29 is 14.3 Å². The Morgan fingerprint density at radius 1 is 1.42 bits per heavy atom. The minimum absolute atomic E-state index is 0.219. The molecule has 0 saturated heterocycles. The zero-order valence-corrected chi connectivity index (χ0v) is 10.4. The molecule has 1 heterocycles. The van der Waals surface area contributed by atoms with E-state index in [-0.39, 0.29) is 12.2 Å². The number of nitriles is 1. The second-order valence-electron chi connectivity index (χ2n) is 4.04. The third kappa shape index (κ3) is 2.47. The lowest BCUT2D eigenvalue weighted by Crippen LogP contribution is -2.17. The number of nitrogens with one attached hydrogen (secondary N) is 1. The molecule has 5 heteroatoms. The molecule has 0 radical (unpaired) electrons. The van der Waals surface area contributed by atoms with Gasteiger partial charge in [-0.3, -0.25) is 4.79 Å². The third-order valence-electron chi connectivity index (χ3n) is 2.68. The molecule has 0 saturated carbocycles. The molecule has 0 aliphatic carbocycles. The van der Waals surface area contributed by atoms with Crippen LogP contribution in [0.5, 0.6) is 0 Å². The molecule has 2 aromatic rings. The van der Waals surface area contributed by atoms with E-state index in [1.807, 2.05) is 13.0 Å². The van der Waals surface area contributed by atoms with Gasteiger partial charge in [-0.05, 0) is 24.6 Å². The number of carbonyl (C=O) groups is 2. The highest BCUT2D eigenvalue weighted by Gasteiger charge is 2.21. The predicted octanol–water partition coefficient (Wildman–Crippen LogP) is 2.18. The standard InChI is InChI=1S/C14H12N2O3/c1-2-5-19-14(18)13(17)11-8-16-12-4-3-9(7-15)6-10(11)12/h3-4,6,8,16H,2,5H2,1H3. The van der Waals surface area contributed by atoms with E-state index in [1.165, 1.54) is 6.20 Å². The summed E-state index contributed by atoms with van der Waals surface area (Å²) in [6, 6.07) is 6.91. The number of hydrogen-bond acceptors (Lipinski definition) is 4. The molecular weight excluding hydrogens is 244 g/mol. The molecule has 1 N–H and O–H groups in total. The highest BCUT2D eigenvalue weighted by atomic mass is 16.5. The molecule has 0 unspecified atom stereocenters. The van der Waals surface area contributed by atoms with Gasteiger partial charge < -0.3 is 9.72 Å². The van der Waals surface area contributed by atoms with Crippen LogP contribution in [0.15, 0.2) is 24.4 Å². The Labute approximate surface area is 109 Å². The van der Waals surface area contributed by atoms with Crippen LogP contribution in [0.4, 0.5) is 0 Å². The molecule has 0 aliphatic heterocycles. The second-order valence-corrected chi connectivity index (χ2v) is 4.04. The molecule has 5 nitrogen and oxygen atoms in total. The number of nitrogens with zero attached hydrogens (tertiary/aromatic N) is 1. The molecule has 1 aromatic heterocycles. The van der Waals surface area contributed by atoms with E-state index in [4.69, 9.17) is 10.00 Å². The molecule has 0 fully saturated rings. The molecule has 0 atom stereocenters. The lowest BCUT2D eigenvalue weighted by molar-refractivity contribution is -0.138. The van der Waals surface area contributed by atoms with Crippen molar-refractivity contribution >= 4 is 22.7 Å². The van der Waals surface area contributed by atoms with Crippen molar-refractivity contribution in [1.82, 2.24) is 4.98 Å². The van der Waals surface area contributed by atoms with E-state index in [1.54, 1.807) is 18.2 Å². The van der Waals surface area contributed by atoms with Crippen LogP contribution in [0.3, 0.4) is 0 Å². The van der Waals surface area contributed by atoms with Gasteiger partial charge in [0.25, 0.3) is 5.78 Å². The maximum atomic E-state index is 11.9. The summed E-state index contributed by atoms with van der Waals surface area (Å²) in [5, 5.41) is 9.41. The summed E-state index contributed by atoms with van der Waals surface area (Å²) in [4.78, 5) is 26.4. The van der Waals surface area contributed by atoms with Crippen LogP contribution in [-0.2, 0) is 9.53 Å². The number of benzene rings is 1. The van der Waals surface area contributed by atoms with Crippen LogP contribution in [-0.4, -0.2) is 23.3 Å². The lowest BCUT2D eigenvalue weighted by atomic mass is 10.1. The average Bonchev–Trinajstić information content (AvgIpc) is 2.86. The van der Waals surface area contributed by atoms with E-state index >= 15 is 0 Å². The highest BCUT2D eigenvalue weighted by molar-refractivity contribution is 6.43. The molecule has 0 amide bonds. The van der Waals surface area contributed by atoms with Crippen molar-refractivity contribution in [2.45, 2.75) is 13.3 Å². The highest BCUT2D eigenvalue weighted by Crippen LogP contribution is 2.20. The Balaban J connectivity index is 2.37. The van der Waals surface area contributed by atoms with E-state index in [0.717, 1.165) is 0 Å². The third-order valence-corrected chi connectivity index (χ3v) is 2.68. The van der Waals surface area contributed by atoms with Crippen LogP contribution in [0, 0.1) is 11.3 Å². The first kappa shape index (κ1) is 12.8. The first-order chi connectivity index (χ1) is 9.17. The minimum atomic E-state index is -0.870. The quantitative estimate of drug-likeness (QED) is 0.516. The number of carbonyl (C=O) groups excluding carboxylic acids is 2. The van der Waals surface area contributed by atoms with Crippen molar-refractivity contribution in [1.29, 1.82) is 5.26 Å². The number of aromatic nitrogens is 1. The van der Waals surface area contributed by atoms with Crippen molar-refractivity contribution in [3.05, 3.63) is 35.5 Å². The minimum Gasteiger partial charge on any atom is -0.460 e. The fraction of sp³-hybridized carbons (Fsp3) is 0.214. The molecule has 96 valence electrons. The van der Waals surface area contributed by atoms with Gasteiger partial charge in [-0.1, -0.05) is 6.92 Å². The molecule has 1 aromatic carbocycles. The Bertz CT molecular complexity index is 680. The fourth-order valence-corrected chi connectivity index (χ4v) is 1.75. The van der Waals surface area contributed by atoms with Crippen molar-refractivity contribution in [3.8, 4) is 6.07 Å². The molecule has 0 spiro atoms. The summed E-state index contributed by atoms with van der Waals surface area (Å²) >= 11 is 0. The summed E-state index contributed by atoms with van der Waals surface area (Å²) in [5.41, 5.74) is 1.36.